The minimum atomic E-state index is -0.270. The number of nitrogens with zero attached hydrogens (tertiary/aromatic N) is 2. The Kier molecular flexibility index (Phi) is 4.93. The van der Waals surface area contributed by atoms with Gasteiger partial charge in [-0.3, -0.25) is 4.90 Å². The summed E-state index contributed by atoms with van der Waals surface area (Å²) >= 11 is 0. The van der Waals surface area contributed by atoms with Crippen LogP contribution in [-0.4, -0.2) is 48.1 Å². The molecule has 0 unspecified atom stereocenters. The standard InChI is InChI=1S/C17H24FN3O/c18-16-8-4-1-5-14(16)13-19-17(22)21-11-9-20(10-12-21)15-6-2-3-7-15/h1,4-5,8,15H,2-3,6-7,9-13H2,(H,19,22). The van der Waals surface area contributed by atoms with Crippen molar-refractivity contribution in [2.24, 2.45) is 0 Å². The van der Waals surface area contributed by atoms with E-state index in [1.54, 1.807) is 18.2 Å². The largest absolute Gasteiger partial charge is 0.334 e. The summed E-state index contributed by atoms with van der Waals surface area (Å²) in [7, 11) is 0. The third-order valence-electron chi connectivity index (χ3n) is 4.83. The van der Waals surface area contributed by atoms with Crippen LogP contribution in [0, 0.1) is 5.82 Å². The van der Waals surface area contributed by atoms with E-state index in [1.807, 2.05) is 4.90 Å². The second-order valence-corrected chi connectivity index (χ2v) is 6.21. The van der Waals surface area contributed by atoms with Crippen LogP contribution in [-0.2, 0) is 6.54 Å². The molecule has 1 heterocycles. The fourth-order valence-corrected chi connectivity index (χ4v) is 3.48. The van der Waals surface area contributed by atoms with Crippen molar-refractivity contribution in [1.82, 2.24) is 15.1 Å². The number of amides is 2. The maximum Gasteiger partial charge on any atom is 0.317 e. The molecule has 0 aromatic heterocycles. The van der Waals surface area contributed by atoms with E-state index in [1.165, 1.54) is 31.7 Å². The van der Waals surface area contributed by atoms with Crippen molar-refractivity contribution in [3.05, 3.63) is 35.6 Å². The molecular formula is C17H24FN3O. The van der Waals surface area contributed by atoms with Gasteiger partial charge in [-0.1, -0.05) is 31.0 Å². The lowest BCUT2D eigenvalue weighted by atomic mass is 10.2. The van der Waals surface area contributed by atoms with Crippen LogP contribution in [0.4, 0.5) is 9.18 Å². The van der Waals surface area contributed by atoms with E-state index in [-0.39, 0.29) is 18.4 Å². The van der Waals surface area contributed by atoms with Gasteiger partial charge >= 0.3 is 6.03 Å². The molecule has 1 aliphatic heterocycles. The zero-order chi connectivity index (χ0) is 15.4. The Morgan fingerprint density at radius 2 is 1.82 bits per heavy atom. The van der Waals surface area contributed by atoms with Gasteiger partial charge in [0.2, 0.25) is 0 Å². The topological polar surface area (TPSA) is 35.6 Å². The molecule has 0 bridgehead atoms. The Morgan fingerprint density at radius 3 is 2.50 bits per heavy atom. The molecule has 2 amide bonds. The first kappa shape index (κ1) is 15.3. The Hall–Kier alpha value is -1.62. The van der Waals surface area contributed by atoms with E-state index in [0.29, 0.717) is 5.56 Å². The fourth-order valence-electron chi connectivity index (χ4n) is 3.48. The van der Waals surface area contributed by atoms with Crippen molar-refractivity contribution in [3.63, 3.8) is 0 Å². The molecule has 1 aromatic carbocycles. The van der Waals surface area contributed by atoms with Gasteiger partial charge in [-0.25, -0.2) is 9.18 Å². The number of benzene rings is 1. The van der Waals surface area contributed by atoms with E-state index >= 15 is 0 Å². The lowest BCUT2D eigenvalue weighted by Gasteiger charge is -2.38. The van der Waals surface area contributed by atoms with E-state index in [2.05, 4.69) is 10.2 Å². The number of piperazine rings is 1. The van der Waals surface area contributed by atoms with Crippen LogP contribution < -0.4 is 5.32 Å². The predicted molar refractivity (Wildman–Crippen MR) is 84.0 cm³/mol. The number of carbonyl (C=O) groups excluding carboxylic acids is 1. The Labute approximate surface area is 131 Å². The first-order valence-corrected chi connectivity index (χ1v) is 8.24. The van der Waals surface area contributed by atoms with Gasteiger partial charge in [0, 0.05) is 44.3 Å². The Bertz CT molecular complexity index is 508. The molecule has 120 valence electrons. The first-order valence-electron chi connectivity index (χ1n) is 8.24. The van der Waals surface area contributed by atoms with E-state index in [0.717, 1.165) is 32.2 Å². The summed E-state index contributed by atoms with van der Waals surface area (Å²) < 4.78 is 13.5. The van der Waals surface area contributed by atoms with Crippen molar-refractivity contribution < 1.29 is 9.18 Å². The lowest BCUT2D eigenvalue weighted by Crippen LogP contribution is -2.53. The highest BCUT2D eigenvalue weighted by atomic mass is 19.1. The van der Waals surface area contributed by atoms with Gasteiger partial charge in [-0.15, -0.1) is 0 Å². The maximum atomic E-state index is 13.5. The normalized spacial score (nSPS) is 20.3. The van der Waals surface area contributed by atoms with Gasteiger partial charge in [0.25, 0.3) is 0 Å². The van der Waals surface area contributed by atoms with E-state index in [4.69, 9.17) is 0 Å². The van der Waals surface area contributed by atoms with Crippen LogP contribution in [0.3, 0.4) is 0 Å². The summed E-state index contributed by atoms with van der Waals surface area (Å²) in [6.45, 7) is 3.68. The summed E-state index contributed by atoms with van der Waals surface area (Å²) in [6, 6.07) is 7.20. The van der Waals surface area contributed by atoms with Crippen LogP contribution in [0.1, 0.15) is 31.2 Å². The summed E-state index contributed by atoms with van der Waals surface area (Å²) in [5, 5.41) is 2.82. The molecule has 22 heavy (non-hydrogen) atoms. The quantitative estimate of drug-likeness (QED) is 0.932. The van der Waals surface area contributed by atoms with Crippen LogP contribution in [0.5, 0.6) is 0 Å². The number of urea groups is 1. The minimum absolute atomic E-state index is 0.0886. The SMILES string of the molecule is O=C(NCc1ccccc1F)N1CCN(C2CCCC2)CC1. The highest BCUT2D eigenvalue weighted by Gasteiger charge is 2.27. The second-order valence-electron chi connectivity index (χ2n) is 6.21. The Balaban J connectivity index is 1.45. The molecule has 1 saturated carbocycles. The van der Waals surface area contributed by atoms with Gasteiger partial charge in [-0.2, -0.15) is 0 Å². The average Bonchev–Trinajstić information content (AvgIpc) is 3.08. The molecule has 1 N–H and O–H groups in total. The zero-order valence-corrected chi connectivity index (χ0v) is 12.9. The second kappa shape index (κ2) is 7.09. The predicted octanol–water partition coefficient (Wildman–Crippen LogP) is 2.60. The average molecular weight is 305 g/mol. The molecule has 3 rings (SSSR count). The molecule has 4 nitrogen and oxygen atoms in total. The molecule has 1 aliphatic carbocycles. The van der Waals surface area contributed by atoms with Gasteiger partial charge in [0.15, 0.2) is 0 Å². The summed E-state index contributed by atoms with van der Waals surface area (Å²) in [6.07, 6.45) is 5.29. The molecule has 2 aliphatic rings. The number of halogens is 1. The third kappa shape index (κ3) is 3.58. The monoisotopic (exact) mass is 305 g/mol. The number of hydrogen-bond donors (Lipinski definition) is 1. The van der Waals surface area contributed by atoms with Crippen molar-refractivity contribution in [3.8, 4) is 0 Å². The molecule has 5 heteroatoms. The smallest absolute Gasteiger partial charge is 0.317 e. The van der Waals surface area contributed by atoms with Gasteiger partial charge in [-0.05, 0) is 18.9 Å². The van der Waals surface area contributed by atoms with Crippen LogP contribution in [0.15, 0.2) is 24.3 Å². The van der Waals surface area contributed by atoms with E-state index < -0.39 is 0 Å². The van der Waals surface area contributed by atoms with E-state index in [9.17, 15) is 9.18 Å². The molecule has 0 spiro atoms. The van der Waals surface area contributed by atoms with Gasteiger partial charge < -0.3 is 10.2 Å². The summed E-state index contributed by atoms with van der Waals surface area (Å²) in [5.41, 5.74) is 0.528. The van der Waals surface area contributed by atoms with Gasteiger partial charge in [0.05, 0.1) is 0 Å². The third-order valence-corrected chi connectivity index (χ3v) is 4.83. The lowest BCUT2D eigenvalue weighted by molar-refractivity contribution is 0.109. The molecule has 0 atom stereocenters. The first-order chi connectivity index (χ1) is 10.7. The Morgan fingerprint density at radius 1 is 1.14 bits per heavy atom. The highest BCUT2D eigenvalue weighted by molar-refractivity contribution is 5.74. The van der Waals surface area contributed by atoms with Crippen LogP contribution >= 0.6 is 0 Å². The van der Waals surface area contributed by atoms with Crippen molar-refractivity contribution >= 4 is 6.03 Å². The number of hydrogen-bond acceptors (Lipinski definition) is 2. The van der Waals surface area contributed by atoms with Crippen molar-refractivity contribution in [2.45, 2.75) is 38.3 Å². The zero-order valence-electron chi connectivity index (χ0n) is 12.9. The fraction of sp³-hybridized carbons (Fsp3) is 0.588. The molecule has 1 saturated heterocycles. The minimum Gasteiger partial charge on any atom is -0.334 e. The maximum absolute atomic E-state index is 13.5. The van der Waals surface area contributed by atoms with Crippen LogP contribution in [0.25, 0.3) is 0 Å². The van der Waals surface area contributed by atoms with Crippen LogP contribution in [0.2, 0.25) is 0 Å². The molecule has 2 fully saturated rings. The summed E-state index contributed by atoms with van der Waals surface area (Å²) in [5.74, 6) is -0.270. The number of nitrogens with one attached hydrogen (secondary N) is 1. The highest BCUT2D eigenvalue weighted by Crippen LogP contribution is 2.24. The van der Waals surface area contributed by atoms with Gasteiger partial charge in [0.1, 0.15) is 5.82 Å². The summed E-state index contributed by atoms with van der Waals surface area (Å²) in [4.78, 5) is 16.5. The molecule has 0 radical (unpaired) electrons. The number of carbonyl (C=O) groups is 1. The molecule has 1 aromatic rings. The molecular weight excluding hydrogens is 281 g/mol. The van der Waals surface area contributed by atoms with Crippen molar-refractivity contribution in [2.75, 3.05) is 26.2 Å². The van der Waals surface area contributed by atoms with Crippen molar-refractivity contribution in [1.29, 1.82) is 0 Å². The number of rotatable bonds is 3.